The lowest BCUT2D eigenvalue weighted by Gasteiger charge is -2.36. The molecule has 2 N–H and O–H groups in total. The molecular weight excluding hydrogens is 491 g/mol. The lowest BCUT2D eigenvalue weighted by Crippen LogP contribution is -2.49. The Balaban J connectivity index is 1.58. The van der Waals surface area contributed by atoms with E-state index in [1.54, 1.807) is 43.3 Å². The van der Waals surface area contributed by atoms with Crippen molar-refractivity contribution in [3.63, 3.8) is 0 Å². The summed E-state index contributed by atoms with van der Waals surface area (Å²) in [5, 5.41) is 5.25. The van der Waals surface area contributed by atoms with Gasteiger partial charge in [-0.3, -0.25) is 9.59 Å². The van der Waals surface area contributed by atoms with Crippen LogP contribution in [0.3, 0.4) is 0 Å². The predicted molar refractivity (Wildman–Crippen MR) is 142 cm³/mol. The largest absolute Gasteiger partial charge is 0.491 e. The van der Waals surface area contributed by atoms with E-state index in [0.29, 0.717) is 30.2 Å². The highest BCUT2D eigenvalue weighted by molar-refractivity contribution is 6.02. The molecule has 0 radical (unpaired) electrons. The summed E-state index contributed by atoms with van der Waals surface area (Å²) in [6.07, 6.45) is 1.54. The molecule has 1 aliphatic heterocycles. The Morgan fingerprint density at radius 2 is 1.76 bits per heavy atom. The number of nitrogens with one attached hydrogen (secondary N) is 2. The number of hydrogen-bond acceptors (Lipinski definition) is 5. The Morgan fingerprint density at radius 3 is 2.42 bits per heavy atom. The van der Waals surface area contributed by atoms with Crippen molar-refractivity contribution in [2.75, 3.05) is 44.5 Å². The molecular formula is C28H35FN4O5. The van der Waals surface area contributed by atoms with E-state index >= 15 is 0 Å². The maximum absolute atomic E-state index is 13.5. The first kappa shape index (κ1) is 27.4. The average molecular weight is 527 g/mol. The van der Waals surface area contributed by atoms with Crippen molar-refractivity contribution in [3.8, 4) is 5.75 Å². The zero-order valence-electron chi connectivity index (χ0n) is 22.2. The molecule has 1 aliphatic carbocycles. The van der Waals surface area contributed by atoms with Crippen LogP contribution in [0.15, 0.2) is 42.5 Å². The smallest absolute Gasteiger partial charge is 0.323 e. The summed E-state index contributed by atoms with van der Waals surface area (Å²) in [4.78, 5) is 42.5. The molecule has 1 heterocycles. The zero-order valence-corrected chi connectivity index (χ0v) is 22.2. The summed E-state index contributed by atoms with van der Waals surface area (Å²) >= 11 is 0. The Labute approximate surface area is 222 Å². The molecule has 0 saturated heterocycles. The van der Waals surface area contributed by atoms with E-state index in [1.165, 1.54) is 18.2 Å². The minimum Gasteiger partial charge on any atom is -0.491 e. The number of nitrogens with zero attached hydrogens (tertiary/aromatic N) is 2. The van der Waals surface area contributed by atoms with Gasteiger partial charge in [-0.25, -0.2) is 9.18 Å². The van der Waals surface area contributed by atoms with Crippen molar-refractivity contribution in [1.29, 1.82) is 0 Å². The molecule has 2 aromatic carbocycles. The zero-order chi connectivity index (χ0) is 27.4. The van der Waals surface area contributed by atoms with Crippen molar-refractivity contribution < 1.29 is 28.2 Å². The van der Waals surface area contributed by atoms with E-state index in [1.807, 2.05) is 18.7 Å². The van der Waals surface area contributed by atoms with Gasteiger partial charge in [-0.05, 0) is 56.2 Å². The molecule has 9 nitrogen and oxygen atoms in total. The third kappa shape index (κ3) is 6.61. The maximum Gasteiger partial charge on any atom is 0.323 e. The Bertz CT molecular complexity index is 1190. The van der Waals surface area contributed by atoms with Crippen LogP contribution < -0.4 is 15.4 Å². The fourth-order valence-electron chi connectivity index (χ4n) is 4.59. The van der Waals surface area contributed by atoms with Gasteiger partial charge in [0.25, 0.3) is 5.91 Å². The van der Waals surface area contributed by atoms with Gasteiger partial charge < -0.3 is 29.9 Å². The lowest BCUT2D eigenvalue weighted by atomic mass is 10.0. The van der Waals surface area contributed by atoms with Crippen LogP contribution in [-0.4, -0.2) is 73.6 Å². The molecule has 2 aromatic rings. The number of halogens is 1. The van der Waals surface area contributed by atoms with Gasteiger partial charge >= 0.3 is 6.03 Å². The van der Waals surface area contributed by atoms with E-state index in [2.05, 4.69) is 10.6 Å². The molecule has 1 saturated carbocycles. The Kier molecular flexibility index (Phi) is 8.51. The van der Waals surface area contributed by atoms with Gasteiger partial charge in [0.15, 0.2) is 0 Å². The summed E-state index contributed by atoms with van der Waals surface area (Å²) in [5.41, 5.74) is 0.934. The predicted octanol–water partition coefficient (Wildman–Crippen LogP) is 4.21. The van der Waals surface area contributed by atoms with Crippen LogP contribution in [0, 0.1) is 17.7 Å². The summed E-state index contributed by atoms with van der Waals surface area (Å²) in [6, 6.07) is 9.56. The van der Waals surface area contributed by atoms with Crippen molar-refractivity contribution in [1.82, 2.24) is 9.80 Å². The van der Waals surface area contributed by atoms with Gasteiger partial charge in [0.1, 0.15) is 18.2 Å². The third-order valence-corrected chi connectivity index (χ3v) is 6.99. The van der Waals surface area contributed by atoms with Crippen LogP contribution in [-0.2, 0) is 9.53 Å². The molecule has 0 spiro atoms. The summed E-state index contributed by atoms with van der Waals surface area (Å²) in [5.74, 6) is -0.216. The van der Waals surface area contributed by atoms with Crippen molar-refractivity contribution in [3.05, 3.63) is 53.8 Å². The highest BCUT2D eigenvalue weighted by atomic mass is 19.1. The van der Waals surface area contributed by atoms with Crippen molar-refractivity contribution >= 4 is 29.2 Å². The molecule has 4 amide bonds. The van der Waals surface area contributed by atoms with Gasteiger partial charge in [-0.15, -0.1) is 0 Å². The van der Waals surface area contributed by atoms with Crippen LogP contribution in [0.5, 0.6) is 5.75 Å². The van der Waals surface area contributed by atoms with Crippen LogP contribution in [0.1, 0.15) is 37.0 Å². The fourth-order valence-corrected chi connectivity index (χ4v) is 4.59. The molecule has 0 unspecified atom stereocenters. The van der Waals surface area contributed by atoms with Crippen LogP contribution in [0.4, 0.5) is 20.6 Å². The first-order valence-electron chi connectivity index (χ1n) is 12.9. The highest BCUT2D eigenvalue weighted by Gasteiger charge is 2.37. The number of urea groups is 1. The molecule has 0 aromatic heterocycles. The first-order valence-corrected chi connectivity index (χ1v) is 12.9. The molecule has 204 valence electrons. The van der Waals surface area contributed by atoms with Gasteiger partial charge in [0.05, 0.1) is 17.7 Å². The number of amides is 4. The van der Waals surface area contributed by atoms with Crippen LogP contribution in [0.25, 0.3) is 0 Å². The summed E-state index contributed by atoms with van der Waals surface area (Å²) in [6.45, 7) is 5.00. The number of benzene rings is 2. The minimum absolute atomic E-state index is 0.0150. The monoisotopic (exact) mass is 526 g/mol. The second-order valence-corrected chi connectivity index (χ2v) is 10.2. The molecule has 2 aliphatic rings. The number of carbonyl (C=O) groups excluding carboxylic acids is 3. The second-order valence-electron chi connectivity index (χ2n) is 10.2. The third-order valence-electron chi connectivity index (χ3n) is 6.99. The van der Waals surface area contributed by atoms with Gasteiger partial charge in [-0.2, -0.15) is 0 Å². The molecule has 3 atom stereocenters. The Morgan fingerprint density at radius 1 is 1.05 bits per heavy atom. The standard InChI is InChI=1S/C28H35FN4O5/c1-17-14-33(26(34)19-8-9-19)18(2)16-38-24-11-10-22(13-23(24)27(35)32(3)15-25(17)37-4)31-28(36)30-21-7-5-6-20(29)12-21/h5-7,10-13,17-19,25H,8-9,14-16H2,1-4H3,(H2,30,31,36)/t17-,18+,25-/m0/s1. The van der Waals surface area contributed by atoms with Crippen molar-refractivity contribution in [2.24, 2.45) is 11.8 Å². The number of methoxy groups -OCH3 is 1. The van der Waals surface area contributed by atoms with E-state index in [-0.39, 0.29) is 48.0 Å². The quantitative estimate of drug-likeness (QED) is 0.622. The lowest BCUT2D eigenvalue weighted by molar-refractivity contribution is -0.136. The molecule has 38 heavy (non-hydrogen) atoms. The molecule has 0 bridgehead atoms. The fraction of sp³-hybridized carbons (Fsp3) is 0.464. The molecule has 4 rings (SSSR count). The number of fused-ring (bicyclic) bond motifs is 1. The molecule has 10 heteroatoms. The van der Waals surface area contributed by atoms with Crippen molar-refractivity contribution in [2.45, 2.75) is 38.8 Å². The van der Waals surface area contributed by atoms with Crippen LogP contribution >= 0.6 is 0 Å². The number of ether oxygens (including phenoxy) is 2. The topological polar surface area (TPSA) is 100 Å². The highest BCUT2D eigenvalue weighted by Crippen LogP contribution is 2.33. The van der Waals surface area contributed by atoms with Gasteiger partial charge in [0, 0.05) is 50.5 Å². The number of rotatable bonds is 4. The number of likely N-dealkylation sites (N-methyl/N-ethyl adjacent to an activating group) is 1. The maximum atomic E-state index is 13.5. The van der Waals surface area contributed by atoms with E-state index in [9.17, 15) is 18.8 Å². The van der Waals surface area contributed by atoms with E-state index in [0.717, 1.165) is 12.8 Å². The Hall–Kier alpha value is -3.66. The number of carbonyl (C=O) groups is 3. The first-order chi connectivity index (χ1) is 18.2. The minimum atomic E-state index is -0.582. The van der Waals surface area contributed by atoms with E-state index < -0.39 is 11.8 Å². The average Bonchev–Trinajstić information content (AvgIpc) is 3.73. The van der Waals surface area contributed by atoms with Gasteiger partial charge in [0.2, 0.25) is 5.91 Å². The number of hydrogen-bond donors (Lipinski definition) is 2. The number of anilines is 2. The normalized spacial score (nSPS) is 22.4. The summed E-state index contributed by atoms with van der Waals surface area (Å²) < 4.78 is 25.3. The second kappa shape index (κ2) is 11.8. The van der Waals surface area contributed by atoms with E-state index in [4.69, 9.17) is 9.47 Å². The van der Waals surface area contributed by atoms with Gasteiger partial charge in [-0.1, -0.05) is 13.0 Å². The molecule has 1 fully saturated rings. The SMILES string of the molecule is CO[C@H]1CN(C)C(=O)c2cc(NC(=O)Nc3cccc(F)c3)ccc2OC[C@@H](C)N(C(=O)C2CC2)C[C@@H]1C. The van der Waals surface area contributed by atoms with Crippen LogP contribution in [0.2, 0.25) is 0 Å². The summed E-state index contributed by atoms with van der Waals surface area (Å²) in [7, 11) is 3.29.